The fraction of sp³-hybridized carbons (Fsp3) is 0.538. The Bertz CT molecular complexity index is 658. The summed E-state index contributed by atoms with van der Waals surface area (Å²) in [4.78, 5) is 25.3. The number of nitrogens with zero attached hydrogens (tertiary/aromatic N) is 1. The number of rotatable bonds is 4. The van der Waals surface area contributed by atoms with Gasteiger partial charge in [0.25, 0.3) is 15.9 Å². The summed E-state index contributed by atoms with van der Waals surface area (Å²) in [6, 6.07) is 2.19. The van der Waals surface area contributed by atoms with Crippen molar-refractivity contribution in [2.45, 2.75) is 24.9 Å². The minimum Gasteiger partial charge on any atom is -0.450 e. The fourth-order valence-electron chi connectivity index (χ4n) is 2.13. The van der Waals surface area contributed by atoms with Crippen LogP contribution in [0.25, 0.3) is 0 Å². The molecular formula is C13H18N2O6S. The number of primary sulfonamides is 1. The van der Waals surface area contributed by atoms with Gasteiger partial charge in [0.1, 0.15) is 0 Å². The van der Waals surface area contributed by atoms with Crippen LogP contribution in [-0.2, 0) is 19.6 Å². The zero-order valence-electron chi connectivity index (χ0n) is 12.1. The Labute approximate surface area is 128 Å². The van der Waals surface area contributed by atoms with Crippen LogP contribution >= 0.6 is 0 Å². The molecule has 2 heterocycles. The number of sulfonamides is 1. The Morgan fingerprint density at radius 1 is 1.36 bits per heavy atom. The third-order valence-corrected chi connectivity index (χ3v) is 4.31. The van der Waals surface area contributed by atoms with E-state index in [0.717, 1.165) is 25.0 Å². The van der Waals surface area contributed by atoms with Crippen LogP contribution in [0.15, 0.2) is 21.6 Å². The molecule has 1 fully saturated rings. The highest BCUT2D eigenvalue weighted by Gasteiger charge is 2.23. The quantitative estimate of drug-likeness (QED) is 0.795. The maximum atomic E-state index is 11.9. The summed E-state index contributed by atoms with van der Waals surface area (Å²) in [6.07, 6.45) is 1.85. The lowest BCUT2D eigenvalue weighted by atomic mass is 9.99. The lowest BCUT2D eigenvalue weighted by Gasteiger charge is -2.30. The second-order valence-electron chi connectivity index (χ2n) is 5.30. The number of carbonyl (C=O) groups is 2. The number of likely N-dealkylation sites (tertiary alicyclic amines) is 1. The van der Waals surface area contributed by atoms with E-state index >= 15 is 0 Å². The predicted molar refractivity (Wildman–Crippen MR) is 75.3 cm³/mol. The van der Waals surface area contributed by atoms with E-state index in [1.54, 1.807) is 4.90 Å². The van der Waals surface area contributed by atoms with Crippen molar-refractivity contribution in [3.63, 3.8) is 0 Å². The molecule has 0 aromatic carbocycles. The lowest BCUT2D eigenvalue weighted by Crippen LogP contribution is -2.40. The van der Waals surface area contributed by atoms with Gasteiger partial charge < -0.3 is 14.1 Å². The number of piperidine rings is 1. The monoisotopic (exact) mass is 330 g/mol. The van der Waals surface area contributed by atoms with E-state index in [4.69, 9.17) is 14.3 Å². The minimum atomic E-state index is -4.02. The van der Waals surface area contributed by atoms with Crippen LogP contribution in [0.1, 0.15) is 30.3 Å². The van der Waals surface area contributed by atoms with Crippen molar-refractivity contribution in [2.75, 3.05) is 19.7 Å². The molecule has 22 heavy (non-hydrogen) atoms. The maximum Gasteiger partial charge on any atom is 0.374 e. The molecule has 1 aliphatic rings. The van der Waals surface area contributed by atoms with Crippen LogP contribution in [0.2, 0.25) is 0 Å². The standard InChI is InChI=1S/C13H18N2O6S/c1-9-4-6-15(7-5-9)11(16)8-20-13(17)10-2-3-12(21-10)22(14,18)19/h2-3,9H,4-8H2,1H3,(H2,14,18,19). The molecule has 0 aliphatic carbocycles. The summed E-state index contributed by atoms with van der Waals surface area (Å²) in [5.74, 6) is -0.914. The molecule has 8 nitrogen and oxygen atoms in total. The number of ether oxygens (including phenoxy) is 1. The van der Waals surface area contributed by atoms with E-state index in [9.17, 15) is 18.0 Å². The summed E-state index contributed by atoms with van der Waals surface area (Å²) < 4.78 is 31.7. The van der Waals surface area contributed by atoms with Crippen molar-refractivity contribution in [1.82, 2.24) is 4.90 Å². The van der Waals surface area contributed by atoms with E-state index in [2.05, 4.69) is 6.92 Å². The average molecular weight is 330 g/mol. The molecule has 1 saturated heterocycles. The predicted octanol–water partition coefficient (Wildman–Crippen LogP) is 0.342. The van der Waals surface area contributed by atoms with Gasteiger partial charge in [-0.2, -0.15) is 0 Å². The average Bonchev–Trinajstić information content (AvgIpc) is 2.95. The van der Waals surface area contributed by atoms with Gasteiger partial charge in [-0.25, -0.2) is 18.4 Å². The molecule has 0 spiro atoms. The molecule has 1 aromatic rings. The Balaban J connectivity index is 1.87. The number of hydrogen-bond donors (Lipinski definition) is 1. The van der Waals surface area contributed by atoms with Crippen LogP contribution < -0.4 is 5.14 Å². The summed E-state index contributed by atoms with van der Waals surface area (Å²) in [7, 11) is -4.02. The first kappa shape index (κ1) is 16.5. The van der Waals surface area contributed by atoms with E-state index in [0.29, 0.717) is 19.0 Å². The molecule has 1 amide bonds. The molecule has 9 heteroatoms. The zero-order chi connectivity index (χ0) is 16.3. The number of amides is 1. The Kier molecular flexibility index (Phi) is 4.87. The summed E-state index contributed by atoms with van der Waals surface area (Å²) in [6.45, 7) is 3.02. The third kappa shape index (κ3) is 4.08. The SMILES string of the molecule is CC1CCN(C(=O)COC(=O)c2ccc(S(N)(=O)=O)o2)CC1. The van der Waals surface area contributed by atoms with E-state index in [-0.39, 0.29) is 11.7 Å². The van der Waals surface area contributed by atoms with Crippen LogP contribution in [0.5, 0.6) is 0 Å². The molecule has 1 aliphatic heterocycles. The summed E-state index contributed by atoms with van der Waals surface area (Å²) in [5.41, 5.74) is 0. The lowest BCUT2D eigenvalue weighted by molar-refractivity contribution is -0.135. The molecule has 122 valence electrons. The van der Waals surface area contributed by atoms with Gasteiger partial charge in [0.15, 0.2) is 6.61 Å². The summed E-state index contributed by atoms with van der Waals surface area (Å²) in [5, 5.41) is 4.34. The molecule has 0 radical (unpaired) electrons. The second kappa shape index (κ2) is 6.49. The normalized spacial score (nSPS) is 16.5. The Morgan fingerprint density at radius 3 is 2.55 bits per heavy atom. The number of hydrogen-bond acceptors (Lipinski definition) is 6. The van der Waals surface area contributed by atoms with Crippen molar-refractivity contribution in [2.24, 2.45) is 11.1 Å². The molecule has 0 bridgehead atoms. The largest absolute Gasteiger partial charge is 0.450 e. The van der Waals surface area contributed by atoms with Crippen molar-refractivity contribution in [3.05, 3.63) is 17.9 Å². The second-order valence-corrected chi connectivity index (χ2v) is 6.80. The van der Waals surface area contributed by atoms with Gasteiger partial charge in [-0.15, -0.1) is 0 Å². The Morgan fingerprint density at radius 2 is 2.00 bits per heavy atom. The molecule has 0 atom stereocenters. The molecule has 2 rings (SSSR count). The van der Waals surface area contributed by atoms with E-state index in [1.165, 1.54) is 0 Å². The van der Waals surface area contributed by atoms with Crippen LogP contribution in [0.4, 0.5) is 0 Å². The fourth-order valence-corrected chi connectivity index (χ4v) is 2.59. The number of furan rings is 1. The van der Waals surface area contributed by atoms with Crippen molar-refractivity contribution in [1.29, 1.82) is 0 Å². The van der Waals surface area contributed by atoms with Crippen LogP contribution in [0, 0.1) is 5.92 Å². The Hall–Kier alpha value is -1.87. The molecule has 1 aromatic heterocycles. The molecule has 0 unspecified atom stereocenters. The third-order valence-electron chi connectivity index (χ3n) is 3.53. The number of nitrogens with two attached hydrogens (primary N) is 1. The first-order valence-corrected chi connectivity index (χ1v) is 8.39. The van der Waals surface area contributed by atoms with Gasteiger partial charge in [0, 0.05) is 13.1 Å². The van der Waals surface area contributed by atoms with Crippen molar-refractivity contribution >= 4 is 21.9 Å². The first-order chi connectivity index (χ1) is 10.3. The molecule has 2 N–H and O–H groups in total. The number of esters is 1. The van der Waals surface area contributed by atoms with Gasteiger partial charge in [0.2, 0.25) is 10.9 Å². The van der Waals surface area contributed by atoms with Gasteiger partial charge in [-0.3, -0.25) is 4.79 Å². The van der Waals surface area contributed by atoms with E-state index < -0.39 is 27.7 Å². The van der Waals surface area contributed by atoms with Crippen LogP contribution in [0.3, 0.4) is 0 Å². The number of carbonyl (C=O) groups excluding carboxylic acids is 2. The van der Waals surface area contributed by atoms with E-state index in [1.807, 2.05) is 0 Å². The molecular weight excluding hydrogens is 312 g/mol. The van der Waals surface area contributed by atoms with Gasteiger partial charge >= 0.3 is 5.97 Å². The maximum absolute atomic E-state index is 11.9. The van der Waals surface area contributed by atoms with Gasteiger partial charge in [0.05, 0.1) is 0 Å². The topological polar surface area (TPSA) is 120 Å². The highest BCUT2D eigenvalue weighted by atomic mass is 32.2. The van der Waals surface area contributed by atoms with Gasteiger partial charge in [-0.05, 0) is 30.9 Å². The highest BCUT2D eigenvalue weighted by molar-refractivity contribution is 7.89. The summed E-state index contributed by atoms with van der Waals surface area (Å²) >= 11 is 0. The molecule has 0 saturated carbocycles. The minimum absolute atomic E-state index is 0.279. The first-order valence-electron chi connectivity index (χ1n) is 6.85. The van der Waals surface area contributed by atoms with Crippen LogP contribution in [-0.4, -0.2) is 44.9 Å². The van der Waals surface area contributed by atoms with Crippen molar-refractivity contribution in [3.8, 4) is 0 Å². The van der Waals surface area contributed by atoms with Crippen molar-refractivity contribution < 1.29 is 27.2 Å². The highest BCUT2D eigenvalue weighted by Crippen LogP contribution is 2.16. The smallest absolute Gasteiger partial charge is 0.374 e. The van der Waals surface area contributed by atoms with Gasteiger partial charge in [-0.1, -0.05) is 6.92 Å². The zero-order valence-corrected chi connectivity index (χ0v) is 13.0.